The molecule has 0 saturated carbocycles. The number of fused-ring (bicyclic) bond motifs is 1. The van der Waals surface area contributed by atoms with Crippen LogP contribution in [0.4, 0.5) is 5.69 Å². The zero-order valence-corrected chi connectivity index (χ0v) is 12.6. The van der Waals surface area contributed by atoms with Crippen molar-refractivity contribution in [2.75, 3.05) is 18.1 Å². The predicted octanol–water partition coefficient (Wildman–Crippen LogP) is 2.51. The van der Waals surface area contributed by atoms with Crippen molar-refractivity contribution in [2.45, 2.75) is 17.4 Å². The van der Waals surface area contributed by atoms with Crippen LogP contribution < -0.4 is 10.1 Å². The molecule has 2 aromatic rings. The molecule has 0 fully saturated rings. The Kier molecular flexibility index (Phi) is 3.59. The molecule has 21 heavy (non-hydrogen) atoms. The largest absolute Gasteiger partial charge is 0.488 e. The first-order chi connectivity index (χ1) is 10.0. The summed E-state index contributed by atoms with van der Waals surface area (Å²) in [5, 5.41) is 3.28. The van der Waals surface area contributed by atoms with E-state index in [1.165, 1.54) is 11.8 Å². The second kappa shape index (κ2) is 5.41. The third kappa shape index (κ3) is 3.19. The lowest BCUT2D eigenvalue weighted by molar-refractivity contribution is 0.246. The van der Waals surface area contributed by atoms with Gasteiger partial charge in [0.1, 0.15) is 11.9 Å². The Morgan fingerprint density at radius 2 is 1.86 bits per heavy atom. The molecule has 0 aromatic heterocycles. The lowest BCUT2D eigenvalue weighted by atomic mass is 10.1. The van der Waals surface area contributed by atoms with E-state index in [1.807, 2.05) is 18.2 Å². The van der Waals surface area contributed by atoms with Gasteiger partial charge in [0.25, 0.3) is 0 Å². The van der Waals surface area contributed by atoms with Gasteiger partial charge in [-0.25, -0.2) is 8.42 Å². The van der Waals surface area contributed by atoms with E-state index < -0.39 is 9.84 Å². The number of rotatable bonds is 4. The van der Waals surface area contributed by atoms with E-state index in [4.69, 9.17) is 4.74 Å². The molecule has 0 bridgehead atoms. The van der Waals surface area contributed by atoms with Gasteiger partial charge in [-0.2, -0.15) is 0 Å². The zero-order valence-electron chi connectivity index (χ0n) is 11.7. The van der Waals surface area contributed by atoms with E-state index in [0.29, 0.717) is 11.4 Å². The molecule has 1 aliphatic heterocycles. The van der Waals surface area contributed by atoms with Gasteiger partial charge in [0, 0.05) is 18.4 Å². The van der Waals surface area contributed by atoms with Gasteiger partial charge in [0.2, 0.25) is 0 Å². The van der Waals surface area contributed by atoms with E-state index in [9.17, 15) is 8.42 Å². The minimum absolute atomic E-state index is 0.108. The van der Waals surface area contributed by atoms with E-state index in [1.54, 1.807) is 24.3 Å². The smallest absolute Gasteiger partial charge is 0.175 e. The molecular weight excluding hydrogens is 286 g/mol. The number of anilines is 1. The molecule has 110 valence electrons. The third-order valence-electron chi connectivity index (χ3n) is 3.53. The molecular formula is C16H17NO3S. The van der Waals surface area contributed by atoms with Crippen molar-refractivity contribution in [2.24, 2.45) is 0 Å². The minimum Gasteiger partial charge on any atom is -0.488 e. The maximum Gasteiger partial charge on any atom is 0.175 e. The van der Waals surface area contributed by atoms with Gasteiger partial charge in [-0.15, -0.1) is 0 Å². The predicted molar refractivity (Wildman–Crippen MR) is 82.6 cm³/mol. The Balaban J connectivity index is 1.60. The summed E-state index contributed by atoms with van der Waals surface area (Å²) in [4.78, 5) is 0.331. The van der Waals surface area contributed by atoms with Crippen molar-refractivity contribution in [3.8, 4) is 5.75 Å². The van der Waals surface area contributed by atoms with Crippen molar-refractivity contribution >= 4 is 15.5 Å². The first-order valence-electron chi connectivity index (χ1n) is 6.81. The van der Waals surface area contributed by atoms with Gasteiger partial charge in [-0.3, -0.25) is 0 Å². The fraction of sp³-hybridized carbons (Fsp3) is 0.250. The maximum atomic E-state index is 11.4. The van der Waals surface area contributed by atoms with E-state index >= 15 is 0 Å². The van der Waals surface area contributed by atoms with Gasteiger partial charge >= 0.3 is 0 Å². The third-order valence-corrected chi connectivity index (χ3v) is 4.66. The van der Waals surface area contributed by atoms with Crippen LogP contribution in [0.25, 0.3) is 0 Å². The fourth-order valence-corrected chi connectivity index (χ4v) is 3.05. The molecule has 5 heteroatoms. The molecule has 3 rings (SSSR count). The summed E-state index contributed by atoms with van der Waals surface area (Å²) in [7, 11) is -3.14. The number of hydrogen-bond acceptors (Lipinski definition) is 4. The van der Waals surface area contributed by atoms with E-state index in [0.717, 1.165) is 17.9 Å². The monoisotopic (exact) mass is 303 g/mol. The summed E-state index contributed by atoms with van der Waals surface area (Å²) in [6.45, 7) is 0.687. The summed E-state index contributed by atoms with van der Waals surface area (Å²) in [6.07, 6.45) is 2.21. The lowest BCUT2D eigenvalue weighted by Crippen LogP contribution is -2.23. The van der Waals surface area contributed by atoms with Crippen molar-refractivity contribution in [1.29, 1.82) is 0 Å². The summed E-state index contributed by atoms with van der Waals surface area (Å²) in [5.74, 6) is 0.955. The molecule has 1 N–H and O–H groups in total. The van der Waals surface area contributed by atoms with Crippen molar-refractivity contribution < 1.29 is 13.2 Å². The molecule has 1 atom stereocenters. The van der Waals surface area contributed by atoms with Gasteiger partial charge in [0.15, 0.2) is 9.84 Å². The van der Waals surface area contributed by atoms with Crippen molar-refractivity contribution in [1.82, 2.24) is 0 Å². The van der Waals surface area contributed by atoms with Crippen LogP contribution in [-0.4, -0.2) is 27.3 Å². The summed E-state index contributed by atoms with van der Waals surface area (Å²) in [6, 6.07) is 14.8. The molecule has 0 spiro atoms. The molecule has 0 aliphatic carbocycles. The van der Waals surface area contributed by atoms with Gasteiger partial charge in [-0.1, -0.05) is 18.2 Å². The Labute approximate surface area is 124 Å². The molecule has 1 unspecified atom stereocenters. The highest BCUT2D eigenvalue weighted by Gasteiger charge is 2.21. The summed E-state index contributed by atoms with van der Waals surface area (Å²) < 4.78 is 28.6. The van der Waals surface area contributed by atoms with Gasteiger partial charge < -0.3 is 10.1 Å². The molecule has 0 saturated heterocycles. The van der Waals surface area contributed by atoms with Crippen LogP contribution in [0.15, 0.2) is 53.4 Å². The quantitative estimate of drug-likeness (QED) is 0.943. The first kappa shape index (κ1) is 13.9. The molecule has 1 heterocycles. The van der Waals surface area contributed by atoms with Crippen LogP contribution in [0, 0.1) is 0 Å². The van der Waals surface area contributed by atoms with Crippen LogP contribution in [0.5, 0.6) is 5.75 Å². The Hall–Kier alpha value is -2.01. The number of benzene rings is 2. The average Bonchev–Trinajstić information content (AvgIpc) is 2.87. The average molecular weight is 303 g/mol. The Bertz CT molecular complexity index is 713. The standard InChI is InChI=1S/C16H17NO3S/c1-21(18,19)15-8-6-13(7-9-15)17-11-14-10-12-4-2-3-5-16(12)20-14/h2-9,14,17H,10-11H2,1H3. The second-order valence-corrected chi connectivity index (χ2v) is 7.24. The van der Waals surface area contributed by atoms with Crippen LogP contribution in [0.1, 0.15) is 5.56 Å². The van der Waals surface area contributed by atoms with Crippen LogP contribution in [-0.2, 0) is 16.3 Å². The summed E-state index contributed by atoms with van der Waals surface area (Å²) >= 11 is 0. The number of nitrogens with one attached hydrogen (secondary N) is 1. The number of para-hydroxylation sites is 1. The van der Waals surface area contributed by atoms with Crippen molar-refractivity contribution in [3.63, 3.8) is 0 Å². The highest BCUT2D eigenvalue weighted by molar-refractivity contribution is 7.90. The lowest BCUT2D eigenvalue weighted by Gasteiger charge is -2.13. The SMILES string of the molecule is CS(=O)(=O)c1ccc(NCC2Cc3ccccc3O2)cc1. The van der Waals surface area contributed by atoms with Crippen LogP contribution in [0.3, 0.4) is 0 Å². The molecule has 2 aromatic carbocycles. The molecule has 0 amide bonds. The second-order valence-electron chi connectivity index (χ2n) is 5.23. The fourth-order valence-electron chi connectivity index (χ4n) is 2.42. The topological polar surface area (TPSA) is 55.4 Å². The van der Waals surface area contributed by atoms with E-state index in [-0.39, 0.29) is 6.10 Å². The Morgan fingerprint density at radius 3 is 2.52 bits per heavy atom. The van der Waals surface area contributed by atoms with Crippen LogP contribution >= 0.6 is 0 Å². The normalized spacial score (nSPS) is 17.1. The van der Waals surface area contributed by atoms with Crippen molar-refractivity contribution in [3.05, 3.63) is 54.1 Å². The van der Waals surface area contributed by atoms with Gasteiger partial charge in [-0.05, 0) is 35.9 Å². The highest BCUT2D eigenvalue weighted by atomic mass is 32.2. The maximum absolute atomic E-state index is 11.4. The van der Waals surface area contributed by atoms with Crippen LogP contribution in [0.2, 0.25) is 0 Å². The minimum atomic E-state index is -3.14. The Morgan fingerprint density at radius 1 is 1.14 bits per heavy atom. The number of ether oxygens (including phenoxy) is 1. The summed E-state index contributed by atoms with van der Waals surface area (Å²) in [5.41, 5.74) is 2.12. The zero-order chi connectivity index (χ0) is 14.9. The molecule has 1 aliphatic rings. The van der Waals surface area contributed by atoms with Gasteiger partial charge in [0.05, 0.1) is 11.4 Å². The number of hydrogen-bond donors (Lipinski definition) is 1. The first-order valence-corrected chi connectivity index (χ1v) is 8.70. The number of sulfone groups is 1. The highest BCUT2D eigenvalue weighted by Crippen LogP contribution is 2.28. The van der Waals surface area contributed by atoms with E-state index in [2.05, 4.69) is 11.4 Å². The molecule has 4 nitrogen and oxygen atoms in total. The molecule has 0 radical (unpaired) electrons.